The summed E-state index contributed by atoms with van der Waals surface area (Å²) in [6.45, 7) is 1.39. The van der Waals surface area contributed by atoms with E-state index in [0.29, 0.717) is 17.2 Å². The van der Waals surface area contributed by atoms with Gasteiger partial charge in [0, 0.05) is 13.0 Å². The van der Waals surface area contributed by atoms with E-state index in [-0.39, 0.29) is 11.0 Å². The monoisotopic (exact) mass is 254 g/mol. The first-order chi connectivity index (χ1) is 8.06. The molecule has 0 radical (unpaired) electrons. The number of thiocarbonyl (C=S) groups is 1. The van der Waals surface area contributed by atoms with Crippen molar-refractivity contribution in [2.24, 2.45) is 0 Å². The van der Waals surface area contributed by atoms with Crippen molar-refractivity contribution in [3.8, 4) is 11.5 Å². The molecule has 0 fully saturated rings. The zero-order chi connectivity index (χ0) is 12.8. The summed E-state index contributed by atoms with van der Waals surface area (Å²) in [7, 11) is 3.12. The molecule has 0 bridgehead atoms. The van der Waals surface area contributed by atoms with Crippen LogP contribution < -0.4 is 20.1 Å². The number of carbonyl (C=O) groups excluding carboxylic acids is 1. The van der Waals surface area contributed by atoms with Gasteiger partial charge in [0.1, 0.15) is 11.5 Å². The number of hydrogen-bond donors (Lipinski definition) is 2. The maximum Gasteiger partial charge on any atom is 0.222 e. The molecule has 0 saturated carbocycles. The van der Waals surface area contributed by atoms with Gasteiger partial charge in [0.2, 0.25) is 5.91 Å². The van der Waals surface area contributed by atoms with E-state index in [2.05, 4.69) is 10.6 Å². The van der Waals surface area contributed by atoms with Gasteiger partial charge in [0.25, 0.3) is 0 Å². The maximum atomic E-state index is 10.8. The van der Waals surface area contributed by atoms with Gasteiger partial charge in [-0.25, -0.2) is 0 Å². The van der Waals surface area contributed by atoms with Crippen LogP contribution in [0.3, 0.4) is 0 Å². The van der Waals surface area contributed by atoms with Crippen molar-refractivity contribution in [2.75, 3.05) is 19.5 Å². The molecule has 0 saturated heterocycles. The van der Waals surface area contributed by atoms with Crippen molar-refractivity contribution < 1.29 is 14.3 Å². The van der Waals surface area contributed by atoms with Crippen LogP contribution in [0.5, 0.6) is 11.5 Å². The molecule has 0 aliphatic carbocycles. The van der Waals surface area contributed by atoms with Gasteiger partial charge in [-0.3, -0.25) is 4.79 Å². The zero-order valence-electron chi connectivity index (χ0n) is 9.87. The first-order valence-corrected chi connectivity index (χ1v) is 5.28. The predicted octanol–water partition coefficient (Wildman–Crippen LogP) is 1.54. The van der Waals surface area contributed by atoms with Gasteiger partial charge in [0.05, 0.1) is 19.9 Å². The third kappa shape index (κ3) is 3.92. The Bertz CT molecular complexity index is 435. The van der Waals surface area contributed by atoms with Crippen LogP contribution in [0, 0.1) is 0 Å². The van der Waals surface area contributed by atoms with E-state index in [4.69, 9.17) is 21.7 Å². The predicted molar refractivity (Wildman–Crippen MR) is 69.6 cm³/mol. The summed E-state index contributed by atoms with van der Waals surface area (Å²) in [5.41, 5.74) is 0.630. The highest BCUT2D eigenvalue weighted by Crippen LogP contribution is 2.28. The number of anilines is 1. The Morgan fingerprint density at radius 3 is 2.53 bits per heavy atom. The number of amides is 1. The normalized spacial score (nSPS) is 9.35. The molecule has 0 unspecified atom stereocenters. The molecule has 1 aromatic rings. The van der Waals surface area contributed by atoms with Crippen LogP contribution in [0.4, 0.5) is 5.69 Å². The Labute approximate surface area is 105 Å². The standard InChI is InChI=1S/C11H14N2O3S/c1-7(14)12-11(17)13-9-6-8(15-2)4-5-10(9)16-3/h4-6H,1-3H3,(H2,12,13,14,17). The molecule has 17 heavy (non-hydrogen) atoms. The molecule has 0 aliphatic heterocycles. The van der Waals surface area contributed by atoms with Crippen LogP contribution in [0.1, 0.15) is 6.92 Å². The lowest BCUT2D eigenvalue weighted by Gasteiger charge is -2.13. The highest BCUT2D eigenvalue weighted by molar-refractivity contribution is 7.80. The first kappa shape index (κ1) is 13.2. The van der Waals surface area contributed by atoms with E-state index in [1.165, 1.54) is 6.92 Å². The Balaban J connectivity index is 2.87. The number of hydrogen-bond acceptors (Lipinski definition) is 4. The lowest BCUT2D eigenvalue weighted by atomic mass is 10.2. The Kier molecular flexibility index (Phi) is 4.71. The van der Waals surface area contributed by atoms with Crippen LogP contribution in [0.25, 0.3) is 0 Å². The molecule has 0 aliphatic rings. The van der Waals surface area contributed by atoms with Crippen molar-refractivity contribution in [1.29, 1.82) is 0 Å². The summed E-state index contributed by atoms with van der Waals surface area (Å²) < 4.78 is 10.3. The molecule has 5 nitrogen and oxygen atoms in total. The maximum absolute atomic E-state index is 10.8. The van der Waals surface area contributed by atoms with E-state index in [1.54, 1.807) is 32.4 Å². The van der Waals surface area contributed by atoms with Crippen LogP contribution in [0.2, 0.25) is 0 Å². The van der Waals surface area contributed by atoms with Crippen LogP contribution >= 0.6 is 12.2 Å². The summed E-state index contributed by atoms with van der Waals surface area (Å²) in [4.78, 5) is 10.8. The topological polar surface area (TPSA) is 59.6 Å². The van der Waals surface area contributed by atoms with Crippen LogP contribution in [-0.4, -0.2) is 25.2 Å². The number of methoxy groups -OCH3 is 2. The van der Waals surface area contributed by atoms with Gasteiger partial charge in [-0.05, 0) is 24.4 Å². The number of nitrogens with one attached hydrogen (secondary N) is 2. The summed E-state index contributed by atoms with van der Waals surface area (Å²) >= 11 is 4.96. The van der Waals surface area contributed by atoms with Crippen LogP contribution in [-0.2, 0) is 4.79 Å². The summed E-state index contributed by atoms with van der Waals surface area (Å²) in [5, 5.41) is 5.54. The molecule has 92 valence electrons. The molecule has 6 heteroatoms. The molecule has 0 aromatic heterocycles. The largest absolute Gasteiger partial charge is 0.497 e. The number of carbonyl (C=O) groups is 1. The SMILES string of the molecule is COc1ccc(OC)c(NC(=S)NC(C)=O)c1. The second kappa shape index (κ2) is 6.05. The molecule has 0 heterocycles. The van der Waals surface area contributed by atoms with E-state index < -0.39 is 0 Å². The van der Waals surface area contributed by atoms with Gasteiger partial charge in [-0.1, -0.05) is 0 Å². The number of benzene rings is 1. The fourth-order valence-corrected chi connectivity index (χ4v) is 1.48. The van der Waals surface area contributed by atoms with E-state index in [1.807, 2.05) is 0 Å². The second-order valence-corrected chi connectivity index (χ2v) is 3.61. The van der Waals surface area contributed by atoms with Gasteiger partial charge in [0.15, 0.2) is 5.11 Å². The van der Waals surface area contributed by atoms with Gasteiger partial charge in [-0.15, -0.1) is 0 Å². The van der Waals surface area contributed by atoms with E-state index >= 15 is 0 Å². The van der Waals surface area contributed by atoms with Crippen molar-refractivity contribution in [3.05, 3.63) is 18.2 Å². The minimum absolute atomic E-state index is 0.212. The highest BCUT2D eigenvalue weighted by atomic mass is 32.1. The summed E-state index contributed by atoms with van der Waals surface area (Å²) in [6, 6.07) is 5.25. The lowest BCUT2D eigenvalue weighted by molar-refractivity contribution is -0.117. The Morgan fingerprint density at radius 1 is 1.29 bits per heavy atom. The Hall–Kier alpha value is -1.82. The van der Waals surface area contributed by atoms with Gasteiger partial charge < -0.3 is 20.1 Å². The van der Waals surface area contributed by atoms with Gasteiger partial charge >= 0.3 is 0 Å². The molecule has 1 amide bonds. The fraction of sp³-hybridized carbons (Fsp3) is 0.273. The fourth-order valence-electron chi connectivity index (χ4n) is 1.23. The van der Waals surface area contributed by atoms with Crippen molar-refractivity contribution in [3.63, 3.8) is 0 Å². The second-order valence-electron chi connectivity index (χ2n) is 3.20. The average molecular weight is 254 g/mol. The van der Waals surface area contributed by atoms with Crippen LogP contribution in [0.15, 0.2) is 18.2 Å². The Morgan fingerprint density at radius 2 is 2.00 bits per heavy atom. The van der Waals surface area contributed by atoms with Crippen molar-refractivity contribution in [1.82, 2.24) is 5.32 Å². The average Bonchev–Trinajstić information content (AvgIpc) is 2.27. The quantitative estimate of drug-likeness (QED) is 0.801. The molecule has 2 N–H and O–H groups in total. The zero-order valence-corrected chi connectivity index (χ0v) is 10.7. The minimum Gasteiger partial charge on any atom is -0.497 e. The first-order valence-electron chi connectivity index (χ1n) is 4.87. The number of rotatable bonds is 3. The molecule has 0 atom stereocenters. The van der Waals surface area contributed by atoms with Crippen molar-refractivity contribution >= 4 is 28.9 Å². The summed E-state index contributed by atoms with van der Waals surface area (Å²) in [6.07, 6.45) is 0. The minimum atomic E-state index is -0.232. The molecule has 0 spiro atoms. The smallest absolute Gasteiger partial charge is 0.222 e. The molecular formula is C11H14N2O3S. The van der Waals surface area contributed by atoms with Gasteiger partial charge in [-0.2, -0.15) is 0 Å². The third-order valence-electron chi connectivity index (χ3n) is 1.94. The third-order valence-corrected chi connectivity index (χ3v) is 2.15. The summed E-state index contributed by atoms with van der Waals surface area (Å²) in [5.74, 6) is 1.04. The highest BCUT2D eigenvalue weighted by Gasteiger charge is 2.07. The molecule has 1 aromatic carbocycles. The lowest BCUT2D eigenvalue weighted by Crippen LogP contribution is -2.32. The van der Waals surface area contributed by atoms with E-state index in [9.17, 15) is 4.79 Å². The van der Waals surface area contributed by atoms with Crippen molar-refractivity contribution in [2.45, 2.75) is 6.92 Å². The number of ether oxygens (including phenoxy) is 2. The molecular weight excluding hydrogens is 240 g/mol. The van der Waals surface area contributed by atoms with E-state index in [0.717, 1.165) is 0 Å². The molecule has 1 rings (SSSR count).